The number of rotatable bonds is 2. The molecule has 0 radical (unpaired) electrons. The largest absolute Gasteiger partial charge is 1.00 e. The summed E-state index contributed by atoms with van der Waals surface area (Å²) in [5, 5.41) is 7.94. The Morgan fingerprint density at radius 2 is 1.23 bits per heavy atom. The van der Waals surface area contributed by atoms with Crippen molar-refractivity contribution in [2.45, 2.75) is 6.54 Å². The van der Waals surface area contributed by atoms with Gasteiger partial charge < -0.3 is 12.4 Å². The number of fused-ring (bicyclic) bond motifs is 4. The Kier molecular flexibility index (Phi) is 4.32. The van der Waals surface area contributed by atoms with E-state index in [1.807, 2.05) is 0 Å². The van der Waals surface area contributed by atoms with E-state index in [0.717, 1.165) is 6.54 Å². The minimum Gasteiger partial charge on any atom is -1.00 e. The SMILES string of the molecule is [Cl-].c1cc[n+](Cc2c3ccccc3cc3c2ccc2ccccc23)cc1. The first-order valence-corrected chi connectivity index (χ1v) is 8.66. The molecule has 0 atom stereocenters. The van der Waals surface area contributed by atoms with Gasteiger partial charge in [-0.25, -0.2) is 4.57 Å². The quantitative estimate of drug-likeness (QED) is 0.260. The molecule has 26 heavy (non-hydrogen) atoms. The molecule has 5 aromatic rings. The number of aromatic nitrogens is 1. The molecule has 4 aromatic carbocycles. The van der Waals surface area contributed by atoms with E-state index >= 15 is 0 Å². The highest BCUT2D eigenvalue weighted by atomic mass is 35.5. The monoisotopic (exact) mass is 355 g/mol. The molecule has 0 unspecified atom stereocenters. The Morgan fingerprint density at radius 1 is 0.538 bits per heavy atom. The van der Waals surface area contributed by atoms with Gasteiger partial charge in [-0.15, -0.1) is 0 Å². The Labute approximate surface area is 158 Å². The van der Waals surface area contributed by atoms with Crippen molar-refractivity contribution in [2.24, 2.45) is 0 Å². The third kappa shape index (κ3) is 2.71. The molecule has 0 spiro atoms. The van der Waals surface area contributed by atoms with Crippen LogP contribution in [0.5, 0.6) is 0 Å². The highest BCUT2D eigenvalue weighted by Gasteiger charge is 2.13. The topological polar surface area (TPSA) is 3.88 Å². The van der Waals surface area contributed by atoms with E-state index in [1.54, 1.807) is 0 Å². The molecule has 1 aromatic heterocycles. The van der Waals surface area contributed by atoms with Crippen LogP contribution in [0.3, 0.4) is 0 Å². The number of halogens is 1. The Balaban J connectivity index is 0.00000168. The molecule has 0 saturated heterocycles. The van der Waals surface area contributed by atoms with Gasteiger partial charge in [0.1, 0.15) is 0 Å². The fourth-order valence-corrected chi connectivity index (χ4v) is 3.81. The van der Waals surface area contributed by atoms with E-state index in [-0.39, 0.29) is 12.4 Å². The van der Waals surface area contributed by atoms with Crippen LogP contribution in [0.2, 0.25) is 0 Å². The highest BCUT2D eigenvalue weighted by molar-refractivity contribution is 6.14. The molecule has 0 N–H and O–H groups in total. The number of benzene rings is 4. The molecule has 5 rings (SSSR count). The van der Waals surface area contributed by atoms with E-state index in [2.05, 4.69) is 102 Å². The van der Waals surface area contributed by atoms with Gasteiger partial charge in [0.2, 0.25) is 0 Å². The van der Waals surface area contributed by atoms with Gasteiger partial charge in [-0.1, -0.05) is 66.7 Å². The van der Waals surface area contributed by atoms with Crippen LogP contribution >= 0.6 is 0 Å². The van der Waals surface area contributed by atoms with Crippen LogP contribution in [0.25, 0.3) is 32.3 Å². The predicted octanol–water partition coefficient (Wildman–Crippen LogP) is 2.49. The van der Waals surface area contributed by atoms with Gasteiger partial charge in [0, 0.05) is 17.7 Å². The maximum absolute atomic E-state index is 2.34. The van der Waals surface area contributed by atoms with Gasteiger partial charge in [0.25, 0.3) is 0 Å². The molecule has 0 fully saturated rings. The molecule has 0 aliphatic heterocycles. The molecule has 126 valence electrons. The van der Waals surface area contributed by atoms with Crippen molar-refractivity contribution < 1.29 is 17.0 Å². The summed E-state index contributed by atoms with van der Waals surface area (Å²) in [4.78, 5) is 0. The molecule has 0 amide bonds. The van der Waals surface area contributed by atoms with Gasteiger partial charge in [-0.3, -0.25) is 0 Å². The third-order valence-corrected chi connectivity index (χ3v) is 5.00. The summed E-state index contributed by atoms with van der Waals surface area (Å²) < 4.78 is 2.25. The van der Waals surface area contributed by atoms with Crippen molar-refractivity contribution in [1.82, 2.24) is 0 Å². The summed E-state index contributed by atoms with van der Waals surface area (Å²) in [5.74, 6) is 0. The summed E-state index contributed by atoms with van der Waals surface area (Å²) >= 11 is 0. The summed E-state index contributed by atoms with van der Waals surface area (Å²) in [6, 6.07) is 30.5. The van der Waals surface area contributed by atoms with Crippen LogP contribution < -0.4 is 17.0 Å². The van der Waals surface area contributed by atoms with Crippen molar-refractivity contribution in [3.8, 4) is 0 Å². The first-order valence-electron chi connectivity index (χ1n) is 8.66. The van der Waals surface area contributed by atoms with E-state index in [9.17, 15) is 0 Å². The lowest BCUT2D eigenvalue weighted by molar-refractivity contribution is -0.688. The molecule has 0 bridgehead atoms. The fraction of sp³-hybridized carbons (Fsp3) is 0.0417. The van der Waals surface area contributed by atoms with Gasteiger partial charge >= 0.3 is 0 Å². The second kappa shape index (κ2) is 6.78. The average molecular weight is 356 g/mol. The highest BCUT2D eigenvalue weighted by Crippen LogP contribution is 2.33. The molecular weight excluding hydrogens is 338 g/mol. The van der Waals surface area contributed by atoms with E-state index in [0.29, 0.717) is 0 Å². The average Bonchev–Trinajstić information content (AvgIpc) is 2.68. The van der Waals surface area contributed by atoms with Crippen LogP contribution in [-0.2, 0) is 6.54 Å². The van der Waals surface area contributed by atoms with Gasteiger partial charge in [-0.2, -0.15) is 0 Å². The van der Waals surface area contributed by atoms with E-state index in [1.165, 1.54) is 37.9 Å². The van der Waals surface area contributed by atoms with E-state index in [4.69, 9.17) is 0 Å². The molecule has 1 nitrogen and oxygen atoms in total. The minimum absolute atomic E-state index is 0. The van der Waals surface area contributed by atoms with Crippen molar-refractivity contribution in [3.05, 3.63) is 103 Å². The minimum atomic E-state index is 0. The lowest BCUT2D eigenvalue weighted by Gasteiger charge is -2.11. The van der Waals surface area contributed by atoms with Crippen LogP contribution in [0, 0.1) is 0 Å². The Hall–Kier alpha value is -2.90. The molecule has 0 saturated carbocycles. The number of pyridine rings is 1. The number of hydrogen-bond donors (Lipinski definition) is 0. The standard InChI is InChI=1S/C24H18N.ClH/c1-6-14-25(15-7-1)17-24-21-11-5-3-9-19(21)16-23-20-10-4-2-8-18(20)12-13-22(23)24;/h1-16H,17H2;1H/q+1;/p-1. The zero-order chi connectivity index (χ0) is 16.6. The first kappa shape index (κ1) is 16.6. The molecule has 1 heterocycles. The summed E-state index contributed by atoms with van der Waals surface area (Å²) in [5.41, 5.74) is 1.38. The molecule has 2 heteroatoms. The summed E-state index contributed by atoms with van der Waals surface area (Å²) in [6.07, 6.45) is 4.27. The Morgan fingerprint density at radius 3 is 2.04 bits per heavy atom. The van der Waals surface area contributed by atoms with Gasteiger partial charge in [0.05, 0.1) is 0 Å². The van der Waals surface area contributed by atoms with Crippen LogP contribution in [0.15, 0.2) is 97.3 Å². The van der Waals surface area contributed by atoms with Crippen LogP contribution in [0.1, 0.15) is 5.56 Å². The van der Waals surface area contributed by atoms with Crippen molar-refractivity contribution >= 4 is 32.3 Å². The maximum atomic E-state index is 2.34. The van der Waals surface area contributed by atoms with Crippen molar-refractivity contribution in [3.63, 3.8) is 0 Å². The zero-order valence-corrected chi connectivity index (χ0v) is 15.0. The lowest BCUT2D eigenvalue weighted by Crippen LogP contribution is -3.00. The molecule has 0 aliphatic carbocycles. The fourth-order valence-electron chi connectivity index (χ4n) is 3.81. The third-order valence-electron chi connectivity index (χ3n) is 5.00. The summed E-state index contributed by atoms with van der Waals surface area (Å²) in [6.45, 7) is 0.872. The van der Waals surface area contributed by atoms with Crippen molar-refractivity contribution in [1.29, 1.82) is 0 Å². The Bertz CT molecular complexity index is 1210. The van der Waals surface area contributed by atoms with Crippen molar-refractivity contribution in [2.75, 3.05) is 0 Å². The number of nitrogens with zero attached hydrogens (tertiary/aromatic N) is 1. The lowest BCUT2D eigenvalue weighted by atomic mass is 9.93. The van der Waals surface area contributed by atoms with E-state index < -0.39 is 0 Å². The number of hydrogen-bond acceptors (Lipinski definition) is 0. The smallest absolute Gasteiger partial charge is 0.175 e. The predicted molar refractivity (Wildman–Crippen MR) is 105 cm³/mol. The second-order valence-corrected chi connectivity index (χ2v) is 6.51. The van der Waals surface area contributed by atoms with Gasteiger partial charge in [0.15, 0.2) is 18.9 Å². The van der Waals surface area contributed by atoms with Crippen LogP contribution in [-0.4, -0.2) is 0 Å². The summed E-state index contributed by atoms with van der Waals surface area (Å²) in [7, 11) is 0. The zero-order valence-electron chi connectivity index (χ0n) is 14.3. The normalized spacial score (nSPS) is 10.9. The second-order valence-electron chi connectivity index (χ2n) is 6.51. The maximum Gasteiger partial charge on any atom is 0.175 e. The van der Waals surface area contributed by atoms with Gasteiger partial charge in [-0.05, 0) is 38.4 Å². The molecular formula is C24H18ClN. The first-order chi connectivity index (χ1) is 12.4. The molecule has 0 aliphatic rings. The van der Waals surface area contributed by atoms with Crippen LogP contribution in [0.4, 0.5) is 0 Å².